The van der Waals surface area contributed by atoms with E-state index in [4.69, 9.17) is 0 Å². The number of nitrogens with zero attached hydrogens (tertiary/aromatic N) is 1. The predicted octanol–water partition coefficient (Wildman–Crippen LogP) is 5.67. The summed E-state index contributed by atoms with van der Waals surface area (Å²) in [6.45, 7) is 4.04. The minimum atomic E-state index is -0.963. The molecule has 1 heterocycles. The number of amides is 1. The van der Waals surface area contributed by atoms with Crippen molar-refractivity contribution in [1.82, 2.24) is 0 Å². The van der Waals surface area contributed by atoms with Crippen LogP contribution in [-0.2, 0) is 5.54 Å². The zero-order valence-electron chi connectivity index (χ0n) is 17.9. The minimum Gasteiger partial charge on any atom is -0.508 e. The molecule has 32 heavy (non-hydrogen) atoms. The van der Waals surface area contributed by atoms with Gasteiger partial charge in [0.05, 0.1) is 0 Å². The Balaban J connectivity index is 1.92. The van der Waals surface area contributed by atoms with E-state index < -0.39 is 5.54 Å². The highest BCUT2D eigenvalue weighted by molar-refractivity contribution is 6.13. The monoisotopic (exact) mass is 421 g/mol. The van der Waals surface area contributed by atoms with Crippen LogP contribution in [-0.4, -0.2) is 16.1 Å². The smallest absolute Gasteiger partial charge is 0.260 e. The maximum absolute atomic E-state index is 13.9. The lowest BCUT2D eigenvalue weighted by Gasteiger charge is -2.41. The molecule has 1 amide bonds. The van der Waals surface area contributed by atoms with Crippen LogP contribution in [0.5, 0.6) is 11.5 Å². The van der Waals surface area contributed by atoms with Crippen molar-refractivity contribution in [2.75, 3.05) is 4.90 Å². The van der Waals surface area contributed by atoms with Crippen LogP contribution in [0.3, 0.4) is 0 Å². The largest absolute Gasteiger partial charge is 0.508 e. The van der Waals surface area contributed by atoms with Crippen molar-refractivity contribution in [3.05, 3.63) is 124 Å². The molecule has 4 aromatic rings. The van der Waals surface area contributed by atoms with Crippen molar-refractivity contribution in [3.8, 4) is 11.5 Å². The molecule has 0 radical (unpaired) electrons. The molecule has 0 bridgehead atoms. The second-order valence-corrected chi connectivity index (χ2v) is 8.34. The molecular formula is C28H23NO3. The first kappa shape index (κ1) is 19.9. The third kappa shape index (κ3) is 2.88. The summed E-state index contributed by atoms with van der Waals surface area (Å²) in [7, 11) is 0. The quantitative estimate of drug-likeness (QED) is 0.448. The zero-order valence-corrected chi connectivity index (χ0v) is 17.9. The lowest BCUT2D eigenvalue weighted by molar-refractivity contribution is 0.0986. The van der Waals surface area contributed by atoms with E-state index in [0.29, 0.717) is 5.56 Å². The van der Waals surface area contributed by atoms with Gasteiger partial charge in [0.15, 0.2) is 0 Å². The van der Waals surface area contributed by atoms with E-state index in [1.807, 2.05) is 79.4 Å². The van der Waals surface area contributed by atoms with Crippen LogP contribution >= 0.6 is 0 Å². The van der Waals surface area contributed by atoms with Crippen LogP contribution in [0.2, 0.25) is 0 Å². The molecule has 0 saturated heterocycles. The molecule has 4 aromatic carbocycles. The van der Waals surface area contributed by atoms with Crippen molar-refractivity contribution < 1.29 is 15.0 Å². The summed E-state index contributed by atoms with van der Waals surface area (Å²) in [5.41, 5.74) is 5.15. The molecular weight excluding hydrogens is 398 g/mol. The van der Waals surface area contributed by atoms with Crippen molar-refractivity contribution in [2.24, 2.45) is 0 Å². The molecule has 4 heteroatoms. The topological polar surface area (TPSA) is 60.8 Å². The summed E-state index contributed by atoms with van der Waals surface area (Å²) < 4.78 is 0. The molecule has 0 saturated carbocycles. The molecule has 5 rings (SSSR count). The number of fused-ring (bicyclic) bond motifs is 1. The van der Waals surface area contributed by atoms with Gasteiger partial charge in [0.25, 0.3) is 5.91 Å². The Bertz CT molecular complexity index is 1260. The Labute approximate surface area is 187 Å². The molecule has 1 aliphatic heterocycles. The summed E-state index contributed by atoms with van der Waals surface area (Å²) in [4.78, 5) is 15.8. The number of aromatic hydroxyl groups is 2. The SMILES string of the molecule is Cc1cc(C)cc(N2C(=O)c3ccccc3C2(c2ccc(O)cc2)c2ccc(O)cc2)c1. The molecule has 0 unspecified atom stereocenters. The highest BCUT2D eigenvalue weighted by atomic mass is 16.3. The number of anilines is 1. The van der Waals surface area contributed by atoms with Gasteiger partial charge in [0.2, 0.25) is 0 Å². The molecule has 0 aliphatic carbocycles. The number of hydrogen-bond donors (Lipinski definition) is 2. The van der Waals surface area contributed by atoms with Crippen LogP contribution in [0.1, 0.15) is 38.2 Å². The van der Waals surface area contributed by atoms with Gasteiger partial charge in [0.1, 0.15) is 17.0 Å². The highest BCUT2D eigenvalue weighted by Gasteiger charge is 2.52. The van der Waals surface area contributed by atoms with Gasteiger partial charge in [-0.3, -0.25) is 9.69 Å². The number of carbonyl (C=O) groups excluding carboxylic acids is 1. The molecule has 158 valence electrons. The first-order valence-electron chi connectivity index (χ1n) is 10.5. The van der Waals surface area contributed by atoms with Crippen LogP contribution in [0, 0.1) is 13.8 Å². The van der Waals surface area contributed by atoms with Crippen LogP contribution < -0.4 is 4.90 Å². The Hall–Kier alpha value is -4.05. The van der Waals surface area contributed by atoms with E-state index in [1.54, 1.807) is 24.3 Å². The summed E-state index contributed by atoms with van der Waals surface area (Å²) >= 11 is 0. The molecule has 0 atom stereocenters. The number of benzene rings is 4. The van der Waals surface area contributed by atoms with Gasteiger partial charge in [-0.05, 0) is 84.1 Å². The fourth-order valence-corrected chi connectivity index (χ4v) is 4.91. The Morgan fingerprint density at radius 3 is 1.72 bits per heavy atom. The average molecular weight is 421 g/mol. The summed E-state index contributed by atoms with van der Waals surface area (Å²) in [5.74, 6) is 0.224. The first-order chi connectivity index (χ1) is 15.4. The lowest BCUT2D eigenvalue weighted by atomic mass is 9.76. The van der Waals surface area contributed by atoms with Gasteiger partial charge in [-0.1, -0.05) is 48.5 Å². The number of hydrogen-bond acceptors (Lipinski definition) is 3. The fourth-order valence-electron chi connectivity index (χ4n) is 4.91. The number of rotatable bonds is 3. The molecule has 0 spiro atoms. The highest BCUT2D eigenvalue weighted by Crippen LogP contribution is 2.51. The van der Waals surface area contributed by atoms with Gasteiger partial charge in [-0.25, -0.2) is 0 Å². The van der Waals surface area contributed by atoms with Crippen LogP contribution in [0.15, 0.2) is 91.0 Å². The number of phenols is 2. The van der Waals surface area contributed by atoms with E-state index in [2.05, 4.69) is 6.07 Å². The molecule has 4 nitrogen and oxygen atoms in total. The number of phenolic OH excluding ortho intramolecular Hbond substituents is 2. The summed E-state index contributed by atoms with van der Waals surface area (Å²) in [6.07, 6.45) is 0. The van der Waals surface area contributed by atoms with E-state index in [-0.39, 0.29) is 17.4 Å². The van der Waals surface area contributed by atoms with Crippen molar-refractivity contribution in [2.45, 2.75) is 19.4 Å². The van der Waals surface area contributed by atoms with Crippen LogP contribution in [0.25, 0.3) is 0 Å². The second kappa shape index (κ2) is 7.27. The van der Waals surface area contributed by atoms with E-state index in [9.17, 15) is 15.0 Å². The van der Waals surface area contributed by atoms with Gasteiger partial charge in [0, 0.05) is 11.3 Å². The molecule has 0 aromatic heterocycles. The summed E-state index contributed by atoms with van der Waals surface area (Å²) in [6, 6.07) is 27.8. The Kier molecular flexibility index (Phi) is 4.52. The van der Waals surface area contributed by atoms with Gasteiger partial charge >= 0.3 is 0 Å². The third-order valence-electron chi connectivity index (χ3n) is 6.12. The van der Waals surface area contributed by atoms with Gasteiger partial charge < -0.3 is 10.2 Å². The van der Waals surface area contributed by atoms with E-state index in [0.717, 1.165) is 33.5 Å². The molecule has 1 aliphatic rings. The zero-order chi connectivity index (χ0) is 22.5. The minimum absolute atomic E-state index is 0.0910. The van der Waals surface area contributed by atoms with E-state index >= 15 is 0 Å². The normalized spacial score (nSPS) is 14.4. The number of aryl methyl sites for hydroxylation is 2. The van der Waals surface area contributed by atoms with E-state index in [1.165, 1.54) is 0 Å². The average Bonchev–Trinajstić information content (AvgIpc) is 3.04. The fraction of sp³-hybridized carbons (Fsp3) is 0.107. The standard InChI is InChI=1S/C28H23NO3/c1-18-15-19(2)17-22(16-18)29-27(32)25-5-3-4-6-26(25)28(29,20-7-11-23(30)12-8-20)21-9-13-24(31)14-10-21/h3-17,30-31H,1-2H3. The number of carbonyl (C=O) groups is 1. The van der Waals surface area contributed by atoms with Crippen molar-refractivity contribution in [3.63, 3.8) is 0 Å². The lowest BCUT2D eigenvalue weighted by Crippen LogP contribution is -2.46. The van der Waals surface area contributed by atoms with Gasteiger partial charge in [-0.2, -0.15) is 0 Å². The van der Waals surface area contributed by atoms with Gasteiger partial charge in [-0.15, -0.1) is 0 Å². The summed E-state index contributed by atoms with van der Waals surface area (Å²) in [5, 5.41) is 20.0. The Morgan fingerprint density at radius 2 is 1.19 bits per heavy atom. The first-order valence-corrected chi connectivity index (χ1v) is 10.5. The maximum Gasteiger partial charge on any atom is 0.260 e. The maximum atomic E-state index is 13.9. The Morgan fingerprint density at radius 1 is 0.688 bits per heavy atom. The molecule has 0 fully saturated rings. The second-order valence-electron chi connectivity index (χ2n) is 8.34. The van der Waals surface area contributed by atoms with Crippen molar-refractivity contribution >= 4 is 11.6 Å². The molecule has 2 N–H and O–H groups in total. The predicted molar refractivity (Wildman–Crippen MR) is 125 cm³/mol. The van der Waals surface area contributed by atoms with Crippen molar-refractivity contribution in [1.29, 1.82) is 0 Å². The van der Waals surface area contributed by atoms with Crippen LogP contribution in [0.4, 0.5) is 5.69 Å². The third-order valence-corrected chi connectivity index (χ3v) is 6.12.